The van der Waals surface area contributed by atoms with Gasteiger partial charge < -0.3 is 9.88 Å². The lowest BCUT2D eigenvalue weighted by molar-refractivity contribution is 0.677. The molecule has 3 rings (SSSR count). The summed E-state index contributed by atoms with van der Waals surface area (Å²) in [4.78, 5) is 13.3. The Hall–Kier alpha value is -1.95. The largest absolute Gasteiger partial charge is 0.368 e. The number of halogens is 1. The van der Waals surface area contributed by atoms with Gasteiger partial charge in [0.2, 0.25) is 0 Å². The Balaban J connectivity index is 1.67. The highest BCUT2D eigenvalue weighted by Crippen LogP contribution is 2.23. The van der Waals surface area contributed by atoms with Gasteiger partial charge in [-0.1, -0.05) is 37.3 Å². The maximum Gasteiger partial charge on any atom is 0.179 e. The average molecular weight is 374 g/mol. The van der Waals surface area contributed by atoms with Gasteiger partial charge in [-0.3, -0.25) is 0 Å². The summed E-state index contributed by atoms with van der Waals surface area (Å²) in [6.07, 6.45) is 4.73. The number of nitrogens with one attached hydrogen (secondary N) is 1. The van der Waals surface area contributed by atoms with Crippen molar-refractivity contribution in [2.75, 3.05) is 11.9 Å². The fourth-order valence-corrected chi connectivity index (χ4v) is 3.13. The summed E-state index contributed by atoms with van der Waals surface area (Å²) >= 11 is 3.51. The van der Waals surface area contributed by atoms with Crippen molar-refractivity contribution < 1.29 is 0 Å². The lowest BCUT2D eigenvalue weighted by Crippen LogP contribution is -2.06. The van der Waals surface area contributed by atoms with Crippen molar-refractivity contribution in [2.24, 2.45) is 0 Å². The predicted octanol–water partition coefficient (Wildman–Crippen LogP) is 4.04. The van der Waals surface area contributed by atoms with Crippen LogP contribution in [0.1, 0.15) is 25.3 Å². The van der Waals surface area contributed by atoms with Crippen LogP contribution in [0.2, 0.25) is 0 Å². The van der Waals surface area contributed by atoms with E-state index in [0.29, 0.717) is 0 Å². The predicted molar refractivity (Wildman–Crippen MR) is 96.6 cm³/mol. The summed E-state index contributed by atoms with van der Waals surface area (Å²) in [5.41, 5.74) is 3.06. The van der Waals surface area contributed by atoms with Crippen LogP contribution < -0.4 is 5.32 Å². The Morgan fingerprint density at radius 1 is 1.17 bits per heavy atom. The Kier molecular flexibility index (Phi) is 5.23. The number of rotatable bonds is 7. The van der Waals surface area contributed by atoms with E-state index in [9.17, 15) is 0 Å². The summed E-state index contributed by atoms with van der Waals surface area (Å²) in [6, 6.07) is 10.5. The molecule has 3 aromatic rings. The zero-order valence-corrected chi connectivity index (χ0v) is 14.8. The minimum atomic E-state index is 0.804. The molecule has 0 aliphatic heterocycles. The fourth-order valence-electron chi connectivity index (χ4n) is 2.61. The summed E-state index contributed by atoms with van der Waals surface area (Å²) < 4.78 is 2.88. The van der Waals surface area contributed by atoms with E-state index in [4.69, 9.17) is 0 Å². The number of aromatic nitrogens is 4. The van der Waals surface area contributed by atoms with Gasteiger partial charge in [-0.05, 0) is 40.8 Å². The van der Waals surface area contributed by atoms with E-state index in [1.165, 1.54) is 5.56 Å². The SMILES string of the molecule is CCCn1c(Br)nc2c(NCCCc3ccccc3)ncnc21. The molecule has 0 saturated carbocycles. The van der Waals surface area contributed by atoms with Crippen LogP contribution in [-0.2, 0) is 13.0 Å². The standard InChI is InChI=1S/C17H20BrN5/c1-2-11-23-16-14(22-17(23)18)15(20-12-21-16)19-10-6-9-13-7-4-3-5-8-13/h3-5,7-8,12H,2,6,9-11H2,1H3,(H,19,20,21). The average Bonchev–Trinajstić information content (AvgIpc) is 2.90. The maximum absolute atomic E-state index is 4.56. The number of hydrogen-bond donors (Lipinski definition) is 1. The van der Waals surface area contributed by atoms with Crippen LogP contribution in [-0.4, -0.2) is 26.1 Å². The Labute approximate surface area is 144 Å². The fraction of sp³-hybridized carbons (Fsp3) is 0.353. The molecule has 0 saturated heterocycles. The summed E-state index contributed by atoms with van der Waals surface area (Å²) in [5.74, 6) is 0.804. The van der Waals surface area contributed by atoms with E-state index in [2.05, 4.69) is 72.0 Å². The third-order valence-corrected chi connectivity index (χ3v) is 4.32. The summed E-state index contributed by atoms with van der Waals surface area (Å²) in [7, 11) is 0. The van der Waals surface area contributed by atoms with Crippen molar-refractivity contribution in [2.45, 2.75) is 32.7 Å². The molecule has 6 heteroatoms. The molecule has 2 heterocycles. The second kappa shape index (κ2) is 7.55. The number of imidazole rings is 1. The normalized spacial score (nSPS) is 11.0. The van der Waals surface area contributed by atoms with Gasteiger partial charge in [0.1, 0.15) is 6.33 Å². The first kappa shape index (κ1) is 15.9. The molecule has 0 unspecified atom stereocenters. The first-order chi connectivity index (χ1) is 11.3. The Morgan fingerprint density at radius 3 is 2.78 bits per heavy atom. The molecular weight excluding hydrogens is 354 g/mol. The third-order valence-electron chi connectivity index (χ3n) is 3.71. The van der Waals surface area contributed by atoms with E-state index in [-0.39, 0.29) is 0 Å². The number of benzene rings is 1. The maximum atomic E-state index is 4.56. The Bertz CT molecular complexity index is 769. The third kappa shape index (κ3) is 3.69. The van der Waals surface area contributed by atoms with Crippen molar-refractivity contribution >= 4 is 32.9 Å². The number of fused-ring (bicyclic) bond motifs is 1. The molecule has 120 valence electrons. The molecule has 0 atom stereocenters. The van der Waals surface area contributed by atoms with E-state index in [1.807, 2.05) is 6.07 Å². The van der Waals surface area contributed by atoms with Gasteiger partial charge >= 0.3 is 0 Å². The topological polar surface area (TPSA) is 55.6 Å². The molecule has 0 aliphatic carbocycles. The van der Waals surface area contributed by atoms with E-state index in [0.717, 1.165) is 54.1 Å². The number of nitrogens with zero attached hydrogens (tertiary/aromatic N) is 4. The zero-order valence-electron chi connectivity index (χ0n) is 13.2. The molecule has 0 bridgehead atoms. The van der Waals surface area contributed by atoms with Crippen molar-refractivity contribution in [1.82, 2.24) is 19.5 Å². The molecule has 0 fully saturated rings. The second-order valence-electron chi connectivity index (χ2n) is 5.44. The molecule has 2 aromatic heterocycles. The summed E-state index contributed by atoms with van der Waals surface area (Å²) in [5, 5.41) is 3.39. The van der Waals surface area contributed by atoms with Crippen molar-refractivity contribution in [3.8, 4) is 0 Å². The molecule has 1 aromatic carbocycles. The highest BCUT2D eigenvalue weighted by molar-refractivity contribution is 9.10. The zero-order chi connectivity index (χ0) is 16.1. The molecule has 5 nitrogen and oxygen atoms in total. The van der Waals surface area contributed by atoms with Crippen LogP contribution >= 0.6 is 15.9 Å². The van der Waals surface area contributed by atoms with E-state index >= 15 is 0 Å². The van der Waals surface area contributed by atoms with Crippen LogP contribution in [0.3, 0.4) is 0 Å². The quantitative estimate of drug-likeness (QED) is 0.501. The number of hydrogen-bond acceptors (Lipinski definition) is 4. The van der Waals surface area contributed by atoms with Crippen molar-refractivity contribution in [1.29, 1.82) is 0 Å². The van der Waals surface area contributed by atoms with Gasteiger partial charge in [0, 0.05) is 13.1 Å². The van der Waals surface area contributed by atoms with Gasteiger partial charge in [-0.15, -0.1) is 0 Å². The van der Waals surface area contributed by atoms with Crippen LogP contribution in [0.4, 0.5) is 5.82 Å². The van der Waals surface area contributed by atoms with Gasteiger partial charge in [0.15, 0.2) is 21.7 Å². The molecular formula is C17H20BrN5. The molecule has 0 spiro atoms. The molecule has 23 heavy (non-hydrogen) atoms. The van der Waals surface area contributed by atoms with Crippen molar-refractivity contribution in [3.63, 3.8) is 0 Å². The monoisotopic (exact) mass is 373 g/mol. The summed E-state index contributed by atoms with van der Waals surface area (Å²) in [6.45, 7) is 3.89. The smallest absolute Gasteiger partial charge is 0.179 e. The highest BCUT2D eigenvalue weighted by Gasteiger charge is 2.13. The van der Waals surface area contributed by atoms with Crippen LogP contribution in [0.5, 0.6) is 0 Å². The van der Waals surface area contributed by atoms with Gasteiger partial charge in [-0.25, -0.2) is 15.0 Å². The number of aryl methyl sites for hydroxylation is 2. The highest BCUT2D eigenvalue weighted by atomic mass is 79.9. The molecule has 0 aliphatic rings. The van der Waals surface area contributed by atoms with Gasteiger partial charge in [0.05, 0.1) is 0 Å². The molecule has 1 N–H and O–H groups in total. The first-order valence-corrected chi connectivity index (χ1v) is 8.73. The molecule has 0 radical (unpaired) electrons. The van der Waals surface area contributed by atoms with Crippen LogP contribution in [0.25, 0.3) is 11.2 Å². The lowest BCUT2D eigenvalue weighted by atomic mass is 10.1. The van der Waals surface area contributed by atoms with Crippen LogP contribution in [0.15, 0.2) is 41.4 Å². The van der Waals surface area contributed by atoms with Crippen LogP contribution in [0, 0.1) is 0 Å². The van der Waals surface area contributed by atoms with E-state index in [1.54, 1.807) is 6.33 Å². The number of anilines is 1. The van der Waals surface area contributed by atoms with Crippen molar-refractivity contribution in [3.05, 3.63) is 47.0 Å². The molecule has 0 amide bonds. The first-order valence-electron chi connectivity index (χ1n) is 7.94. The van der Waals surface area contributed by atoms with Gasteiger partial charge in [0.25, 0.3) is 0 Å². The Morgan fingerprint density at radius 2 is 2.00 bits per heavy atom. The van der Waals surface area contributed by atoms with Gasteiger partial charge in [-0.2, -0.15) is 0 Å². The minimum absolute atomic E-state index is 0.804. The second-order valence-corrected chi connectivity index (χ2v) is 6.15. The lowest BCUT2D eigenvalue weighted by Gasteiger charge is -2.06. The van der Waals surface area contributed by atoms with E-state index < -0.39 is 0 Å². The minimum Gasteiger partial charge on any atom is -0.368 e.